The summed E-state index contributed by atoms with van der Waals surface area (Å²) in [5.41, 5.74) is 2.05. The molecule has 1 unspecified atom stereocenters. The first kappa shape index (κ1) is 21.0. The second-order valence-corrected chi connectivity index (χ2v) is 5.53. The number of para-hydroxylation sites is 1. The van der Waals surface area contributed by atoms with Crippen LogP contribution in [0.3, 0.4) is 0 Å². The van der Waals surface area contributed by atoms with Gasteiger partial charge in [-0.05, 0) is 23.6 Å². The summed E-state index contributed by atoms with van der Waals surface area (Å²) in [5.74, 6) is 0.851. The van der Waals surface area contributed by atoms with E-state index in [1.165, 1.54) is 5.56 Å². The van der Waals surface area contributed by atoms with Gasteiger partial charge in [-0.25, -0.2) is 0 Å². The van der Waals surface area contributed by atoms with E-state index in [9.17, 15) is 4.79 Å². The van der Waals surface area contributed by atoms with Gasteiger partial charge in [0.25, 0.3) is 0 Å². The van der Waals surface area contributed by atoms with Crippen LogP contribution in [0.25, 0.3) is 0 Å². The Morgan fingerprint density at radius 3 is 2.20 bits per heavy atom. The molecule has 2 aromatic rings. The van der Waals surface area contributed by atoms with Crippen LogP contribution >= 0.6 is 24.0 Å². The van der Waals surface area contributed by atoms with Crippen LogP contribution in [0.1, 0.15) is 18.4 Å². The lowest BCUT2D eigenvalue weighted by Gasteiger charge is -2.16. The van der Waals surface area contributed by atoms with Crippen molar-refractivity contribution in [3.05, 3.63) is 66.2 Å². The SMILES string of the molecule is CN=C(NCC(=O)Nc1ccccc1)NCC(C)c1ccccc1.I. The highest BCUT2D eigenvalue weighted by atomic mass is 127. The van der Waals surface area contributed by atoms with Gasteiger partial charge in [0, 0.05) is 19.3 Å². The van der Waals surface area contributed by atoms with Crippen LogP contribution in [-0.2, 0) is 4.79 Å². The monoisotopic (exact) mass is 452 g/mol. The molecule has 0 radical (unpaired) electrons. The molecule has 2 rings (SSSR count). The molecule has 1 atom stereocenters. The van der Waals surface area contributed by atoms with Crippen molar-refractivity contribution in [1.29, 1.82) is 0 Å². The molecule has 134 valence electrons. The van der Waals surface area contributed by atoms with Crippen LogP contribution in [0.2, 0.25) is 0 Å². The number of guanidine groups is 1. The standard InChI is InChI=1S/C19H24N4O.HI/c1-15(16-9-5-3-6-10-16)13-21-19(20-2)22-14-18(24)23-17-11-7-4-8-12-17;/h3-12,15H,13-14H2,1-2H3,(H,23,24)(H2,20,21,22);1H. The highest BCUT2D eigenvalue weighted by Gasteiger charge is 2.07. The van der Waals surface area contributed by atoms with Crippen LogP contribution in [0, 0.1) is 0 Å². The fourth-order valence-electron chi connectivity index (χ4n) is 2.26. The van der Waals surface area contributed by atoms with Crippen molar-refractivity contribution in [3.63, 3.8) is 0 Å². The molecule has 6 heteroatoms. The van der Waals surface area contributed by atoms with Crippen LogP contribution in [0.15, 0.2) is 65.7 Å². The zero-order valence-corrected chi connectivity index (χ0v) is 16.9. The van der Waals surface area contributed by atoms with Gasteiger partial charge in [-0.2, -0.15) is 0 Å². The number of rotatable bonds is 6. The summed E-state index contributed by atoms with van der Waals surface area (Å²) in [5, 5.41) is 9.10. The Morgan fingerprint density at radius 1 is 1.00 bits per heavy atom. The third kappa shape index (κ3) is 7.55. The Labute approximate surface area is 166 Å². The molecule has 0 saturated carbocycles. The van der Waals surface area contributed by atoms with E-state index in [4.69, 9.17) is 0 Å². The third-order valence-corrected chi connectivity index (χ3v) is 3.64. The molecule has 3 N–H and O–H groups in total. The maximum Gasteiger partial charge on any atom is 0.243 e. The number of benzene rings is 2. The molecule has 0 saturated heterocycles. The summed E-state index contributed by atoms with van der Waals surface area (Å²) in [6.07, 6.45) is 0. The number of hydrogen-bond donors (Lipinski definition) is 3. The molecule has 2 aromatic carbocycles. The first-order valence-corrected chi connectivity index (χ1v) is 8.03. The third-order valence-electron chi connectivity index (χ3n) is 3.64. The van der Waals surface area contributed by atoms with E-state index in [2.05, 4.69) is 40.0 Å². The predicted molar refractivity (Wildman–Crippen MR) is 115 cm³/mol. The first-order chi connectivity index (χ1) is 11.7. The molecule has 0 fully saturated rings. The number of halogens is 1. The van der Waals surface area contributed by atoms with E-state index in [-0.39, 0.29) is 36.4 Å². The molecule has 0 aliphatic carbocycles. The number of hydrogen-bond acceptors (Lipinski definition) is 2. The molecule has 0 heterocycles. The smallest absolute Gasteiger partial charge is 0.243 e. The summed E-state index contributed by atoms with van der Waals surface area (Å²) in [7, 11) is 1.69. The summed E-state index contributed by atoms with van der Waals surface area (Å²) in [6, 6.07) is 19.7. The fraction of sp³-hybridized carbons (Fsp3) is 0.263. The fourth-order valence-corrected chi connectivity index (χ4v) is 2.26. The molecular weight excluding hydrogens is 427 g/mol. The minimum absolute atomic E-state index is 0. The Bertz CT molecular complexity index is 662. The first-order valence-electron chi connectivity index (χ1n) is 8.03. The van der Waals surface area contributed by atoms with Gasteiger partial charge in [0.2, 0.25) is 5.91 Å². The number of carbonyl (C=O) groups excluding carboxylic acids is 1. The number of nitrogens with zero attached hydrogens (tertiary/aromatic N) is 1. The van der Waals surface area contributed by atoms with Gasteiger partial charge in [0.1, 0.15) is 0 Å². The van der Waals surface area contributed by atoms with Gasteiger partial charge in [-0.3, -0.25) is 9.79 Å². The molecule has 25 heavy (non-hydrogen) atoms. The van der Waals surface area contributed by atoms with Crippen LogP contribution < -0.4 is 16.0 Å². The van der Waals surface area contributed by atoms with Crippen LogP contribution in [0.4, 0.5) is 5.69 Å². The van der Waals surface area contributed by atoms with Crippen molar-refractivity contribution in [2.75, 3.05) is 25.5 Å². The largest absolute Gasteiger partial charge is 0.356 e. The predicted octanol–water partition coefficient (Wildman–Crippen LogP) is 3.21. The maximum absolute atomic E-state index is 11.9. The van der Waals surface area contributed by atoms with Crippen LogP contribution in [-0.4, -0.2) is 32.0 Å². The molecule has 0 spiro atoms. The van der Waals surface area contributed by atoms with Gasteiger partial charge < -0.3 is 16.0 Å². The summed E-state index contributed by atoms with van der Waals surface area (Å²) < 4.78 is 0. The van der Waals surface area contributed by atoms with Gasteiger partial charge >= 0.3 is 0 Å². The molecule has 0 aromatic heterocycles. The van der Waals surface area contributed by atoms with Crippen LogP contribution in [0.5, 0.6) is 0 Å². The number of amides is 1. The lowest BCUT2D eigenvalue weighted by atomic mass is 10.0. The van der Waals surface area contributed by atoms with Gasteiger partial charge in [-0.1, -0.05) is 55.5 Å². The number of anilines is 1. The zero-order valence-electron chi connectivity index (χ0n) is 14.5. The lowest BCUT2D eigenvalue weighted by molar-refractivity contribution is -0.115. The molecular formula is C19H25IN4O. The Morgan fingerprint density at radius 2 is 1.60 bits per heavy atom. The summed E-state index contributed by atoms with van der Waals surface area (Å²) in [4.78, 5) is 16.1. The maximum atomic E-state index is 11.9. The topological polar surface area (TPSA) is 65.5 Å². The van der Waals surface area contributed by atoms with Crippen molar-refractivity contribution in [1.82, 2.24) is 10.6 Å². The summed E-state index contributed by atoms with van der Waals surface area (Å²) >= 11 is 0. The van der Waals surface area contributed by atoms with Gasteiger partial charge in [0.05, 0.1) is 6.54 Å². The van der Waals surface area contributed by atoms with Gasteiger partial charge in [0.15, 0.2) is 5.96 Å². The highest BCUT2D eigenvalue weighted by Crippen LogP contribution is 2.12. The van der Waals surface area contributed by atoms with E-state index < -0.39 is 0 Å². The number of aliphatic imine (C=N–C) groups is 1. The molecule has 1 amide bonds. The van der Waals surface area contributed by atoms with E-state index in [1.807, 2.05) is 48.5 Å². The van der Waals surface area contributed by atoms with Crippen molar-refractivity contribution in [2.45, 2.75) is 12.8 Å². The molecule has 0 aliphatic rings. The minimum Gasteiger partial charge on any atom is -0.356 e. The van der Waals surface area contributed by atoms with E-state index >= 15 is 0 Å². The van der Waals surface area contributed by atoms with E-state index in [0.717, 1.165) is 12.2 Å². The van der Waals surface area contributed by atoms with Crippen molar-refractivity contribution in [3.8, 4) is 0 Å². The average molecular weight is 452 g/mol. The Kier molecular flexibility index (Phi) is 9.61. The Hall–Kier alpha value is -2.09. The van der Waals surface area contributed by atoms with Crippen molar-refractivity contribution in [2.24, 2.45) is 4.99 Å². The zero-order chi connectivity index (χ0) is 17.2. The highest BCUT2D eigenvalue weighted by molar-refractivity contribution is 14.0. The van der Waals surface area contributed by atoms with Crippen molar-refractivity contribution < 1.29 is 4.79 Å². The normalized spacial score (nSPS) is 11.8. The number of nitrogens with one attached hydrogen (secondary N) is 3. The average Bonchev–Trinajstić information content (AvgIpc) is 2.63. The Balaban J connectivity index is 0.00000312. The lowest BCUT2D eigenvalue weighted by Crippen LogP contribution is -2.42. The molecule has 0 aliphatic heterocycles. The summed E-state index contributed by atoms with van der Waals surface area (Å²) in [6.45, 7) is 3.05. The number of carbonyl (C=O) groups is 1. The minimum atomic E-state index is -0.111. The van der Waals surface area contributed by atoms with Gasteiger partial charge in [-0.15, -0.1) is 24.0 Å². The second kappa shape index (κ2) is 11.5. The molecule has 5 nitrogen and oxygen atoms in total. The van der Waals surface area contributed by atoms with E-state index in [1.54, 1.807) is 7.05 Å². The molecule has 0 bridgehead atoms. The quantitative estimate of drug-likeness (QED) is 0.358. The van der Waals surface area contributed by atoms with E-state index in [0.29, 0.717) is 11.9 Å². The van der Waals surface area contributed by atoms with Crippen molar-refractivity contribution >= 4 is 41.5 Å². The second-order valence-electron chi connectivity index (χ2n) is 5.53.